The summed E-state index contributed by atoms with van der Waals surface area (Å²) in [6.45, 7) is 8.35. The third-order valence-electron chi connectivity index (χ3n) is 6.82. The summed E-state index contributed by atoms with van der Waals surface area (Å²) in [6.07, 6.45) is -0.277. The van der Waals surface area contributed by atoms with Gasteiger partial charge in [-0.05, 0) is 38.0 Å². The van der Waals surface area contributed by atoms with Crippen LogP contribution in [0.15, 0.2) is 0 Å². The van der Waals surface area contributed by atoms with Gasteiger partial charge >= 0.3 is 0 Å². The van der Waals surface area contributed by atoms with Gasteiger partial charge in [0, 0.05) is 13.5 Å². The number of aliphatic hydroxyl groups excluding tert-OH is 2. The van der Waals surface area contributed by atoms with Gasteiger partial charge in [-0.15, -0.1) is 0 Å². The summed E-state index contributed by atoms with van der Waals surface area (Å²) in [4.78, 5) is 88.5. The van der Waals surface area contributed by atoms with E-state index in [0.717, 1.165) is 0 Å². The number of aliphatic hydroxyl groups is 2. The number of primary amides is 1. The lowest BCUT2D eigenvalue weighted by molar-refractivity contribution is -0.143. The number of hydrogen-bond donors (Lipinski definition) is 8. The van der Waals surface area contributed by atoms with E-state index in [1.165, 1.54) is 18.7 Å². The summed E-state index contributed by atoms with van der Waals surface area (Å²) < 4.78 is 0. The van der Waals surface area contributed by atoms with E-state index >= 15 is 0 Å². The van der Waals surface area contributed by atoms with E-state index in [4.69, 9.17) is 5.73 Å². The smallest absolute Gasteiger partial charge is 0.248 e. The fourth-order valence-corrected chi connectivity index (χ4v) is 4.60. The molecule has 1 heterocycles. The van der Waals surface area contributed by atoms with Gasteiger partial charge in [-0.3, -0.25) is 33.6 Å². The molecule has 6 atom stereocenters. The topological polar surface area (TPSA) is 249 Å². The monoisotopic (exact) mass is 613 g/mol. The highest BCUT2D eigenvalue weighted by Crippen LogP contribution is 2.19. The molecule has 1 rings (SSSR count). The molecule has 9 N–H and O–H groups in total. The minimum Gasteiger partial charge on any atom is -0.394 e. The van der Waals surface area contributed by atoms with Crippen LogP contribution < -0.4 is 32.3 Å². The zero-order chi connectivity index (χ0) is 33.0. The lowest BCUT2D eigenvalue weighted by Crippen LogP contribution is -2.60. The third kappa shape index (κ3) is 11.8. The van der Waals surface area contributed by atoms with E-state index in [1.807, 2.05) is 0 Å². The number of carbonyl (C=O) groups excluding carboxylic acids is 7. The molecule has 0 aromatic heterocycles. The van der Waals surface area contributed by atoms with E-state index in [2.05, 4.69) is 26.6 Å². The maximum atomic E-state index is 13.2. The van der Waals surface area contributed by atoms with Crippen molar-refractivity contribution in [1.82, 2.24) is 31.5 Å². The van der Waals surface area contributed by atoms with Crippen molar-refractivity contribution in [1.29, 1.82) is 0 Å². The summed E-state index contributed by atoms with van der Waals surface area (Å²) in [5, 5.41) is 32.0. The van der Waals surface area contributed by atoms with E-state index in [1.54, 1.807) is 27.7 Å². The van der Waals surface area contributed by atoms with Crippen molar-refractivity contribution in [3.63, 3.8) is 0 Å². The van der Waals surface area contributed by atoms with Gasteiger partial charge in [0.1, 0.15) is 30.2 Å². The van der Waals surface area contributed by atoms with Gasteiger partial charge in [0.25, 0.3) is 0 Å². The third-order valence-corrected chi connectivity index (χ3v) is 6.82. The van der Waals surface area contributed by atoms with Crippen molar-refractivity contribution in [2.45, 2.75) is 97.1 Å². The highest BCUT2D eigenvalue weighted by molar-refractivity contribution is 5.96. The van der Waals surface area contributed by atoms with Gasteiger partial charge in [0.05, 0.1) is 19.3 Å². The second-order valence-corrected chi connectivity index (χ2v) is 11.5. The minimum absolute atomic E-state index is 0.0873. The molecule has 1 aliphatic rings. The van der Waals surface area contributed by atoms with Crippen LogP contribution in [0.3, 0.4) is 0 Å². The van der Waals surface area contributed by atoms with E-state index in [-0.39, 0.29) is 24.8 Å². The zero-order valence-electron chi connectivity index (χ0n) is 25.6. The summed E-state index contributed by atoms with van der Waals surface area (Å²) in [6, 6.07) is -5.78. The molecule has 1 aliphatic heterocycles. The van der Waals surface area contributed by atoms with Crippen LogP contribution in [-0.4, -0.2) is 112 Å². The molecule has 0 aromatic carbocycles. The Kier molecular flexibility index (Phi) is 15.0. The number of carbonyl (C=O) groups is 7. The van der Waals surface area contributed by atoms with Crippen LogP contribution >= 0.6 is 0 Å². The average molecular weight is 614 g/mol. The maximum Gasteiger partial charge on any atom is 0.248 e. The van der Waals surface area contributed by atoms with Gasteiger partial charge in [-0.2, -0.15) is 0 Å². The zero-order valence-corrected chi connectivity index (χ0v) is 25.6. The van der Waals surface area contributed by atoms with Crippen LogP contribution in [0.25, 0.3) is 0 Å². The first-order chi connectivity index (χ1) is 20.0. The van der Waals surface area contributed by atoms with Gasteiger partial charge < -0.3 is 47.4 Å². The standard InChI is InChI=1S/C27H47N7O9/c1-13(2)10-17(25(41)33-22(15(5)36)27(43)34-9-7-8-19(34)23(28)39)31-20(38)11-29-24(40)18(12-35)32-26(42)21(14(3)4)30-16(6)37/h13-15,17-19,21-22,35-36H,7-12H2,1-6H3,(H2,28,39)(H,29,40)(H,30,37)(H,31,38)(H,32,42)(H,33,41)/t15-,17+,18+,19+,21+,22+/m1/s1. The molecule has 1 fully saturated rings. The van der Waals surface area contributed by atoms with Crippen molar-refractivity contribution in [3.8, 4) is 0 Å². The predicted octanol–water partition coefficient (Wildman–Crippen LogP) is -3.39. The molecule has 0 bridgehead atoms. The van der Waals surface area contributed by atoms with Crippen LogP contribution in [0.1, 0.15) is 60.8 Å². The minimum atomic E-state index is -1.42. The van der Waals surface area contributed by atoms with Crippen molar-refractivity contribution in [2.24, 2.45) is 17.6 Å². The largest absolute Gasteiger partial charge is 0.394 e. The molecule has 16 nitrogen and oxygen atoms in total. The fourth-order valence-electron chi connectivity index (χ4n) is 4.60. The number of hydrogen-bond acceptors (Lipinski definition) is 9. The Labute approximate surface area is 251 Å². The number of likely N-dealkylation sites (tertiary alicyclic amines) is 1. The molecule has 0 spiro atoms. The van der Waals surface area contributed by atoms with Crippen LogP contribution in [0.2, 0.25) is 0 Å². The highest BCUT2D eigenvalue weighted by Gasteiger charge is 2.39. The summed E-state index contributed by atoms with van der Waals surface area (Å²) >= 11 is 0. The molecule has 0 radical (unpaired) electrons. The molecule has 0 saturated carbocycles. The molecule has 0 aliphatic carbocycles. The van der Waals surface area contributed by atoms with E-state index < -0.39 is 90.8 Å². The predicted molar refractivity (Wildman–Crippen MR) is 153 cm³/mol. The molecule has 43 heavy (non-hydrogen) atoms. The second kappa shape index (κ2) is 17.4. The van der Waals surface area contributed by atoms with Crippen LogP contribution in [0, 0.1) is 11.8 Å². The number of rotatable bonds is 16. The summed E-state index contributed by atoms with van der Waals surface area (Å²) in [5.74, 6) is -5.34. The Morgan fingerprint density at radius 3 is 1.98 bits per heavy atom. The van der Waals surface area contributed by atoms with Crippen LogP contribution in [0.5, 0.6) is 0 Å². The van der Waals surface area contributed by atoms with Crippen LogP contribution in [-0.2, 0) is 33.6 Å². The van der Waals surface area contributed by atoms with Crippen LogP contribution in [0.4, 0.5) is 0 Å². The number of amides is 7. The fraction of sp³-hybridized carbons (Fsp3) is 0.741. The van der Waals surface area contributed by atoms with Gasteiger partial charge in [-0.1, -0.05) is 27.7 Å². The normalized spacial score (nSPS) is 18.2. The van der Waals surface area contributed by atoms with Gasteiger partial charge in [0.15, 0.2) is 0 Å². The molecule has 16 heteroatoms. The second-order valence-electron chi connectivity index (χ2n) is 11.5. The van der Waals surface area contributed by atoms with Gasteiger partial charge in [-0.25, -0.2) is 0 Å². The first kappa shape index (κ1) is 37.2. The lowest BCUT2D eigenvalue weighted by atomic mass is 10.0. The van der Waals surface area contributed by atoms with E-state index in [0.29, 0.717) is 12.8 Å². The van der Waals surface area contributed by atoms with Crippen molar-refractivity contribution < 1.29 is 43.8 Å². The highest BCUT2D eigenvalue weighted by atomic mass is 16.3. The molecule has 0 aromatic rings. The Morgan fingerprint density at radius 1 is 0.860 bits per heavy atom. The van der Waals surface area contributed by atoms with Crippen molar-refractivity contribution in [3.05, 3.63) is 0 Å². The number of nitrogens with one attached hydrogen (secondary N) is 5. The molecule has 0 unspecified atom stereocenters. The molecular weight excluding hydrogens is 566 g/mol. The Bertz CT molecular complexity index is 1030. The summed E-state index contributed by atoms with van der Waals surface area (Å²) in [7, 11) is 0. The summed E-state index contributed by atoms with van der Waals surface area (Å²) in [5.41, 5.74) is 5.39. The first-order valence-electron chi connectivity index (χ1n) is 14.3. The molecule has 1 saturated heterocycles. The molecule has 7 amide bonds. The molecular formula is C27H47N7O9. The van der Waals surface area contributed by atoms with Gasteiger partial charge in [0.2, 0.25) is 41.4 Å². The Morgan fingerprint density at radius 2 is 1.49 bits per heavy atom. The van der Waals surface area contributed by atoms with E-state index in [9.17, 15) is 43.8 Å². The average Bonchev–Trinajstić information content (AvgIpc) is 3.41. The SMILES string of the molecule is CC(=O)N[C@H](C(=O)N[C@@H](CO)C(=O)NCC(=O)N[C@@H](CC(C)C)C(=O)N[C@H](C(=O)N1CCC[C@H]1C(N)=O)[C@@H](C)O)C(C)C. The Hall–Kier alpha value is -3.79. The Balaban J connectivity index is 2.87. The van der Waals surface area contributed by atoms with Crippen molar-refractivity contribution in [2.75, 3.05) is 19.7 Å². The lowest BCUT2D eigenvalue weighted by Gasteiger charge is -2.30. The quantitative estimate of drug-likeness (QED) is 0.0863. The molecule has 244 valence electrons. The number of nitrogens with zero attached hydrogens (tertiary/aromatic N) is 1. The maximum absolute atomic E-state index is 13.2. The van der Waals surface area contributed by atoms with Crippen molar-refractivity contribution >= 4 is 41.4 Å². The first-order valence-corrected chi connectivity index (χ1v) is 14.3. The number of nitrogens with two attached hydrogens (primary N) is 1.